The van der Waals surface area contributed by atoms with Gasteiger partial charge in [0, 0.05) is 21.7 Å². The van der Waals surface area contributed by atoms with Gasteiger partial charge in [-0.25, -0.2) is 4.39 Å². The highest BCUT2D eigenvalue weighted by molar-refractivity contribution is 6.35. The minimum Gasteiger partial charge on any atom is -0.480 e. The molecule has 7 heteroatoms. The van der Waals surface area contributed by atoms with E-state index in [1.165, 1.54) is 12.1 Å². The SMILES string of the molecule is CC(C)(Oc1ccc([N+](=O)[O-])cc1F)c1ccc(Cl)cc1Cl. The molecule has 0 unspecified atom stereocenters. The first-order valence-corrected chi connectivity index (χ1v) is 7.05. The zero-order valence-electron chi connectivity index (χ0n) is 11.8. The standard InChI is InChI=1S/C15H12Cl2FNO3/c1-15(2,11-5-3-9(16)7-12(11)17)22-14-6-4-10(19(20)21)8-13(14)18/h3-8H,1-2H3. The van der Waals surface area contributed by atoms with E-state index in [1.807, 2.05) is 0 Å². The highest BCUT2D eigenvalue weighted by Gasteiger charge is 2.27. The summed E-state index contributed by atoms with van der Waals surface area (Å²) in [5, 5.41) is 11.5. The third-order valence-electron chi connectivity index (χ3n) is 3.07. The molecule has 0 aliphatic carbocycles. The van der Waals surface area contributed by atoms with Crippen molar-refractivity contribution in [3.05, 3.63) is 67.9 Å². The molecule has 4 nitrogen and oxygen atoms in total. The van der Waals surface area contributed by atoms with Crippen LogP contribution in [0.2, 0.25) is 10.0 Å². The summed E-state index contributed by atoms with van der Waals surface area (Å²) in [6.07, 6.45) is 0. The minimum absolute atomic E-state index is 0.0957. The van der Waals surface area contributed by atoms with E-state index in [1.54, 1.807) is 32.0 Å². The largest absolute Gasteiger partial charge is 0.480 e. The Bertz CT molecular complexity index is 735. The van der Waals surface area contributed by atoms with Crippen LogP contribution in [0.1, 0.15) is 19.4 Å². The van der Waals surface area contributed by atoms with Crippen molar-refractivity contribution < 1.29 is 14.1 Å². The van der Waals surface area contributed by atoms with Crippen LogP contribution in [0, 0.1) is 15.9 Å². The average molecular weight is 344 g/mol. The van der Waals surface area contributed by atoms with Crippen LogP contribution in [0.25, 0.3) is 0 Å². The van der Waals surface area contributed by atoms with Crippen molar-refractivity contribution in [2.75, 3.05) is 0 Å². The van der Waals surface area contributed by atoms with Crippen LogP contribution in [0.4, 0.5) is 10.1 Å². The molecule has 116 valence electrons. The lowest BCUT2D eigenvalue weighted by Crippen LogP contribution is -2.26. The molecule has 0 fully saturated rings. The molecule has 0 saturated heterocycles. The first kappa shape index (κ1) is 16.5. The summed E-state index contributed by atoms with van der Waals surface area (Å²) in [5.41, 5.74) is -0.665. The average Bonchev–Trinajstić information content (AvgIpc) is 2.40. The van der Waals surface area contributed by atoms with Gasteiger partial charge in [-0.05, 0) is 32.0 Å². The molecule has 0 saturated carbocycles. The van der Waals surface area contributed by atoms with Crippen molar-refractivity contribution in [2.45, 2.75) is 19.4 Å². The monoisotopic (exact) mass is 343 g/mol. The van der Waals surface area contributed by atoms with Gasteiger partial charge in [-0.2, -0.15) is 0 Å². The molecule has 0 radical (unpaired) electrons. The fraction of sp³-hybridized carbons (Fsp3) is 0.200. The van der Waals surface area contributed by atoms with Gasteiger partial charge >= 0.3 is 0 Å². The second-order valence-electron chi connectivity index (χ2n) is 5.11. The fourth-order valence-corrected chi connectivity index (χ4v) is 2.63. The molecule has 0 aromatic heterocycles. The summed E-state index contributed by atoms with van der Waals surface area (Å²) in [6, 6.07) is 8.12. The predicted molar refractivity (Wildman–Crippen MR) is 83.2 cm³/mol. The number of non-ortho nitro benzene ring substituents is 1. The van der Waals surface area contributed by atoms with Crippen LogP contribution >= 0.6 is 23.2 Å². The van der Waals surface area contributed by atoms with Crippen LogP contribution in [-0.2, 0) is 5.60 Å². The second-order valence-corrected chi connectivity index (χ2v) is 5.95. The summed E-state index contributed by atoms with van der Waals surface area (Å²) in [4.78, 5) is 9.94. The van der Waals surface area contributed by atoms with Gasteiger partial charge in [-0.1, -0.05) is 29.3 Å². The number of halogens is 3. The number of hydrogen-bond acceptors (Lipinski definition) is 3. The van der Waals surface area contributed by atoms with Gasteiger partial charge in [0.15, 0.2) is 11.6 Å². The third kappa shape index (κ3) is 3.48. The molecule has 0 amide bonds. The molecule has 2 aromatic carbocycles. The maximum Gasteiger partial charge on any atom is 0.272 e. The number of nitro benzene ring substituents is 1. The van der Waals surface area contributed by atoms with Gasteiger partial charge in [0.25, 0.3) is 5.69 Å². The van der Waals surface area contributed by atoms with Crippen molar-refractivity contribution in [1.82, 2.24) is 0 Å². The maximum absolute atomic E-state index is 13.9. The number of rotatable bonds is 4. The Labute approximate surface area is 136 Å². The number of hydrogen-bond donors (Lipinski definition) is 0. The van der Waals surface area contributed by atoms with Gasteiger partial charge in [-0.3, -0.25) is 10.1 Å². The predicted octanol–water partition coefficient (Wildman–Crippen LogP) is 5.35. The van der Waals surface area contributed by atoms with E-state index in [-0.39, 0.29) is 11.4 Å². The molecule has 2 aromatic rings. The highest BCUT2D eigenvalue weighted by Crippen LogP contribution is 2.35. The van der Waals surface area contributed by atoms with E-state index in [9.17, 15) is 14.5 Å². The number of ether oxygens (including phenoxy) is 1. The van der Waals surface area contributed by atoms with Gasteiger partial charge < -0.3 is 4.74 Å². The van der Waals surface area contributed by atoms with E-state index in [0.717, 1.165) is 6.07 Å². The second kappa shape index (κ2) is 6.10. The summed E-state index contributed by atoms with van der Waals surface area (Å²) in [7, 11) is 0. The Morgan fingerprint density at radius 2 is 1.86 bits per heavy atom. The topological polar surface area (TPSA) is 52.4 Å². The van der Waals surface area contributed by atoms with E-state index >= 15 is 0 Å². The Morgan fingerprint density at radius 1 is 1.18 bits per heavy atom. The van der Waals surface area contributed by atoms with E-state index in [4.69, 9.17) is 27.9 Å². The number of benzene rings is 2. The van der Waals surface area contributed by atoms with Crippen LogP contribution in [0.15, 0.2) is 36.4 Å². The molecule has 0 bridgehead atoms. The zero-order chi connectivity index (χ0) is 16.5. The van der Waals surface area contributed by atoms with E-state index < -0.39 is 16.3 Å². The number of nitro groups is 1. The summed E-state index contributed by atoms with van der Waals surface area (Å²) in [5.74, 6) is -0.908. The van der Waals surface area contributed by atoms with Gasteiger partial charge in [0.2, 0.25) is 0 Å². The molecule has 22 heavy (non-hydrogen) atoms. The third-order valence-corrected chi connectivity index (χ3v) is 3.62. The molecule has 0 N–H and O–H groups in total. The van der Waals surface area contributed by atoms with Crippen LogP contribution < -0.4 is 4.74 Å². The first-order chi connectivity index (χ1) is 10.2. The maximum atomic E-state index is 13.9. The lowest BCUT2D eigenvalue weighted by atomic mass is 9.98. The van der Waals surface area contributed by atoms with E-state index in [0.29, 0.717) is 15.6 Å². The van der Waals surface area contributed by atoms with Crippen molar-refractivity contribution in [1.29, 1.82) is 0 Å². The lowest BCUT2D eigenvalue weighted by Gasteiger charge is -2.28. The van der Waals surface area contributed by atoms with Crippen LogP contribution in [0.3, 0.4) is 0 Å². The fourth-order valence-electron chi connectivity index (χ4n) is 1.99. The highest BCUT2D eigenvalue weighted by atomic mass is 35.5. The Hall–Kier alpha value is -1.85. The smallest absolute Gasteiger partial charge is 0.272 e. The summed E-state index contributed by atoms with van der Waals surface area (Å²) >= 11 is 12.0. The molecule has 2 rings (SSSR count). The molecule has 0 aliphatic rings. The summed E-state index contributed by atoms with van der Waals surface area (Å²) in [6.45, 7) is 3.42. The van der Waals surface area contributed by atoms with Crippen molar-refractivity contribution in [3.8, 4) is 5.75 Å². The van der Waals surface area contributed by atoms with Crippen LogP contribution in [-0.4, -0.2) is 4.92 Å². The zero-order valence-corrected chi connectivity index (χ0v) is 13.3. The first-order valence-electron chi connectivity index (χ1n) is 6.29. The van der Waals surface area contributed by atoms with Crippen molar-refractivity contribution >= 4 is 28.9 Å². The lowest BCUT2D eigenvalue weighted by molar-refractivity contribution is -0.385. The van der Waals surface area contributed by atoms with Crippen molar-refractivity contribution in [3.63, 3.8) is 0 Å². The van der Waals surface area contributed by atoms with Crippen molar-refractivity contribution in [2.24, 2.45) is 0 Å². The normalized spacial score (nSPS) is 11.3. The molecular weight excluding hydrogens is 332 g/mol. The Morgan fingerprint density at radius 3 is 2.41 bits per heavy atom. The summed E-state index contributed by atoms with van der Waals surface area (Å²) < 4.78 is 19.6. The van der Waals surface area contributed by atoms with Gasteiger partial charge in [0.05, 0.1) is 11.0 Å². The minimum atomic E-state index is -0.946. The number of nitrogens with zero attached hydrogens (tertiary/aromatic N) is 1. The Balaban J connectivity index is 2.34. The molecule has 0 spiro atoms. The van der Waals surface area contributed by atoms with Crippen LogP contribution in [0.5, 0.6) is 5.75 Å². The molecule has 0 atom stereocenters. The van der Waals surface area contributed by atoms with E-state index in [2.05, 4.69) is 0 Å². The molecule has 0 aliphatic heterocycles. The molecule has 0 heterocycles. The van der Waals surface area contributed by atoms with Gasteiger partial charge in [0.1, 0.15) is 5.60 Å². The van der Waals surface area contributed by atoms with Gasteiger partial charge in [-0.15, -0.1) is 0 Å². The molecular formula is C15H12Cl2FNO3. The Kier molecular flexibility index (Phi) is 4.58. The quantitative estimate of drug-likeness (QED) is 0.555.